The van der Waals surface area contributed by atoms with Crippen LogP contribution in [-0.4, -0.2) is 39.2 Å². The first kappa shape index (κ1) is 19.4. The van der Waals surface area contributed by atoms with Gasteiger partial charge in [-0.2, -0.15) is 0 Å². The molecule has 0 saturated carbocycles. The molecule has 0 aliphatic carbocycles. The van der Waals surface area contributed by atoms with Gasteiger partial charge < -0.3 is 25.3 Å². The molecule has 26 heavy (non-hydrogen) atoms. The van der Waals surface area contributed by atoms with Gasteiger partial charge in [-0.1, -0.05) is 26.0 Å². The van der Waals surface area contributed by atoms with Gasteiger partial charge in [-0.25, -0.2) is 9.36 Å². The van der Waals surface area contributed by atoms with Gasteiger partial charge in [0.1, 0.15) is 6.04 Å². The van der Waals surface area contributed by atoms with Crippen LogP contribution in [-0.2, 0) is 9.59 Å². The van der Waals surface area contributed by atoms with Crippen LogP contribution in [0.15, 0.2) is 33.9 Å². The Kier molecular flexibility index (Phi) is 5.93. The Hall–Kier alpha value is -2.94. The molecule has 0 aliphatic rings. The number of aromatic nitrogens is 2. The lowest BCUT2D eigenvalue weighted by Crippen LogP contribution is -2.53. The molecule has 0 unspecified atom stereocenters. The summed E-state index contributed by atoms with van der Waals surface area (Å²) in [6.45, 7) is 2.72. The molecule has 2 rings (SSSR count). The third-order valence-electron chi connectivity index (χ3n) is 3.93. The third kappa shape index (κ3) is 3.99. The van der Waals surface area contributed by atoms with Gasteiger partial charge >= 0.3 is 5.69 Å². The number of hydrogen-bond acceptors (Lipinski definition) is 6. The summed E-state index contributed by atoms with van der Waals surface area (Å²) in [5.41, 5.74) is -1.09. The minimum absolute atomic E-state index is 0.0703. The van der Waals surface area contributed by atoms with Crippen molar-refractivity contribution in [1.29, 1.82) is 0 Å². The topological polar surface area (TPSA) is 144 Å². The third-order valence-corrected chi connectivity index (χ3v) is 3.93. The Morgan fingerprint density at radius 1 is 1.27 bits per heavy atom. The number of aliphatic hydroxyl groups is 1. The number of aromatic amines is 1. The average molecular weight is 362 g/mol. The molecule has 9 heteroatoms. The van der Waals surface area contributed by atoms with E-state index in [1.165, 1.54) is 6.07 Å². The number of aliphatic hydroxyl groups excluding tert-OH is 1. The van der Waals surface area contributed by atoms with Gasteiger partial charge in [0, 0.05) is 0 Å². The van der Waals surface area contributed by atoms with Gasteiger partial charge in [0.15, 0.2) is 0 Å². The van der Waals surface area contributed by atoms with E-state index in [9.17, 15) is 24.3 Å². The number of para-hydroxylation sites is 1. The molecular formula is C17H20N3O6-. The van der Waals surface area contributed by atoms with E-state index in [2.05, 4.69) is 10.3 Å². The smallest absolute Gasteiger partial charge is 0.329 e. The number of aliphatic carboxylic acids is 1. The second-order valence-electron chi connectivity index (χ2n) is 6.36. The number of carbonyl (C=O) groups is 2. The van der Waals surface area contributed by atoms with E-state index in [-0.39, 0.29) is 17.7 Å². The largest absolute Gasteiger partial charge is 0.548 e. The van der Waals surface area contributed by atoms with Gasteiger partial charge in [-0.3, -0.25) is 9.59 Å². The number of nitrogens with one attached hydrogen (secondary N) is 2. The lowest BCUT2D eigenvalue weighted by Gasteiger charge is -2.24. The Morgan fingerprint density at radius 2 is 1.92 bits per heavy atom. The summed E-state index contributed by atoms with van der Waals surface area (Å²) in [5.74, 6) is -2.59. The normalized spacial score (nSPS) is 13.5. The standard InChI is InChI=1S/C17H21N3O6/c1-9(2)7-13(14(22)18-12(8-21)16(24)25)20-15(23)10-5-3-4-6-11(10)19-17(20)26/h3-6,9,12-13,21H,7-8H2,1-2H3,(H,18,22)(H,19,26)(H,24,25)/p-1/t12-,13-/m0/s1. The molecular weight excluding hydrogens is 342 g/mol. The second-order valence-corrected chi connectivity index (χ2v) is 6.36. The highest BCUT2D eigenvalue weighted by Gasteiger charge is 2.27. The zero-order valence-electron chi connectivity index (χ0n) is 14.4. The Balaban J connectivity index is 2.55. The number of fused-ring (bicyclic) bond motifs is 1. The summed E-state index contributed by atoms with van der Waals surface area (Å²) in [7, 11) is 0. The van der Waals surface area contributed by atoms with Crippen LogP contribution in [0.25, 0.3) is 10.9 Å². The molecule has 140 valence electrons. The lowest BCUT2D eigenvalue weighted by molar-refractivity contribution is -0.309. The first-order chi connectivity index (χ1) is 12.3. The molecule has 0 aliphatic heterocycles. The van der Waals surface area contributed by atoms with Crippen LogP contribution in [0.5, 0.6) is 0 Å². The number of hydrogen-bond donors (Lipinski definition) is 3. The first-order valence-electron chi connectivity index (χ1n) is 8.12. The molecule has 0 spiro atoms. The molecule has 0 radical (unpaired) electrons. The van der Waals surface area contributed by atoms with Gasteiger partial charge in [0.25, 0.3) is 5.56 Å². The van der Waals surface area contributed by atoms with E-state index in [1.54, 1.807) is 32.0 Å². The van der Waals surface area contributed by atoms with E-state index < -0.39 is 41.8 Å². The number of carboxylic acid groups (broad SMARTS) is 1. The fourth-order valence-electron chi connectivity index (χ4n) is 2.68. The maximum Gasteiger partial charge on any atom is 0.329 e. The SMILES string of the molecule is CC(C)C[C@@H](C(=O)N[C@@H](CO)C(=O)[O-])n1c(=O)[nH]c2ccccc2c1=O. The molecule has 0 fully saturated rings. The number of benzene rings is 1. The van der Waals surface area contributed by atoms with Gasteiger partial charge in [0.2, 0.25) is 5.91 Å². The fourth-order valence-corrected chi connectivity index (χ4v) is 2.68. The zero-order chi connectivity index (χ0) is 19.4. The van der Waals surface area contributed by atoms with Crippen molar-refractivity contribution in [3.63, 3.8) is 0 Å². The van der Waals surface area contributed by atoms with Crippen LogP contribution < -0.4 is 21.7 Å². The number of rotatable bonds is 7. The summed E-state index contributed by atoms with van der Waals surface area (Å²) < 4.78 is 0.779. The van der Waals surface area contributed by atoms with E-state index in [0.29, 0.717) is 5.52 Å². The summed E-state index contributed by atoms with van der Waals surface area (Å²) in [4.78, 5) is 51.2. The number of amides is 1. The molecule has 0 saturated heterocycles. The number of carboxylic acids is 1. The zero-order valence-corrected chi connectivity index (χ0v) is 14.4. The van der Waals surface area contributed by atoms with Crippen LogP contribution in [0.3, 0.4) is 0 Å². The molecule has 9 nitrogen and oxygen atoms in total. The van der Waals surface area contributed by atoms with E-state index >= 15 is 0 Å². The highest BCUT2D eigenvalue weighted by atomic mass is 16.4. The van der Waals surface area contributed by atoms with Gasteiger partial charge in [-0.05, 0) is 24.5 Å². The van der Waals surface area contributed by atoms with Crippen LogP contribution in [0, 0.1) is 5.92 Å². The van der Waals surface area contributed by atoms with Crippen LogP contribution >= 0.6 is 0 Å². The fraction of sp³-hybridized carbons (Fsp3) is 0.412. The minimum atomic E-state index is -1.66. The highest BCUT2D eigenvalue weighted by molar-refractivity contribution is 5.86. The van der Waals surface area contributed by atoms with Crippen LogP contribution in [0.4, 0.5) is 0 Å². The van der Waals surface area contributed by atoms with Gasteiger partial charge in [-0.15, -0.1) is 0 Å². The van der Waals surface area contributed by atoms with Crippen molar-refractivity contribution in [2.45, 2.75) is 32.4 Å². The van der Waals surface area contributed by atoms with Crippen molar-refractivity contribution in [3.05, 3.63) is 45.1 Å². The molecule has 3 N–H and O–H groups in total. The quantitative estimate of drug-likeness (QED) is 0.547. The van der Waals surface area contributed by atoms with Crippen molar-refractivity contribution in [3.8, 4) is 0 Å². The second kappa shape index (κ2) is 7.96. The van der Waals surface area contributed by atoms with Gasteiger partial charge in [0.05, 0.1) is 29.5 Å². The van der Waals surface area contributed by atoms with E-state index in [0.717, 1.165) is 4.57 Å². The molecule has 1 aromatic carbocycles. The summed E-state index contributed by atoms with van der Waals surface area (Å²) in [6.07, 6.45) is 0.123. The minimum Gasteiger partial charge on any atom is -0.548 e. The first-order valence-corrected chi connectivity index (χ1v) is 8.12. The highest BCUT2D eigenvalue weighted by Crippen LogP contribution is 2.16. The predicted molar refractivity (Wildman–Crippen MR) is 91.3 cm³/mol. The molecule has 1 amide bonds. The molecule has 0 bridgehead atoms. The van der Waals surface area contributed by atoms with Crippen molar-refractivity contribution >= 4 is 22.8 Å². The van der Waals surface area contributed by atoms with E-state index in [1.807, 2.05) is 0 Å². The number of H-pyrrole nitrogens is 1. The summed E-state index contributed by atoms with van der Waals surface area (Å²) in [5, 5.41) is 22.3. The lowest BCUT2D eigenvalue weighted by atomic mass is 10.0. The maximum absolute atomic E-state index is 12.8. The van der Waals surface area contributed by atoms with Crippen molar-refractivity contribution < 1.29 is 19.8 Å². The van der Waals surface area contributed by atoms with Crippen LogP contribution in [0.2, 0.25) is 0 Å². The van der Waals surface area contributed by atoms with Crippen molar-refractivity contribution in [1.82, 2.24) is 14.9 Å². The van der Waals surface area contributed by atoms with E-state index in [4.69, 9.17) is 5.11 Å². The number of nitrogens with zero attached hydrogens (tertiary/aromatic N) is 1. The summed E-state index contributed by atoms with van der Waals surface area (Å²) >= 11 is 0. The summed E-state index contributed by atoms with van der Waals surface area (Å²) in [6, 6.07) is 3.51. The van der Waals surface area contributed by atoms with Crippen molar-refractivity contribution in [2.24, 2.45) is 5.92 Å². The number of carbonyl (C=O) groups excluding carboxylic acids is 2. The Morgan fingerprint density at radius 3 is 2.50 bits per heavy atom. The Labute approximate surface area is 148 Å². The average Bonchev–Trinajstić information content (AvgIpc) is 2.57. The van der Waals surface area contributed by atoms with Crippen LogP contribution in [0.1, 0.15) is 26.3 Å². The molecule has 1 heterocycles. The monoisotopic (exact) mass is 362 g/mol. The Bertz CT molecular complexity index is 930. The molecule has 2 atom stereocenters. The maximum atomic E-state index is 12.8. The van der Waals surface area contributed by atoms with Crippen molar-refractivity contribution in [2.75, 3.05) is 6.61 Å². The molecule has 1 aromatic heterocycles. The predicted octanol–water partition coefficient (Wildman–Crippen LogP) is -1.50. The molecule has 2 aromatic rings.